The second-order valence-corrected chi connectivity index (χ2v) is 3.16. The van der Waals surface area contributed by atoms with Crippen molar-refractivity contribution in [3.8, 4) is 0 Å². The zero-order valence-electron chi connectivity index (χ0n) is 5.86. The number of aldehydes is 1. The lowest BCUT2D eigenvalue weighted by molar-refractivity contribution is -0.129. The van der Waals surface area contributed by atoms with Gasteiger partial charge in [-0.2, -0.15) is 24.9 Å². The van der Waals surface area contributed by atoms with Crippen molar-refractivity contribution in [2.45, 2.75) is 19.0 Å². The second-order valence-electron chi connectivity index (χ2n) is 1.93. The zero-order chi connectivity index (χ0) is 8.74. The van der Waals surface area contributed by atoms with Crippen LogP contribution >= 0.6 is 11.8 Å². The smallest absolute Gasteiger partial charge is 0.303 e. The van der Waals surface area contributed by atoms with E-state index >= 15 is 0 Å². The molecular formula is C6H9F3OS. The summed E-state index contributed by atoms with van der Waals surface area (Å²) < 4.78 is 34.4. The Balaban J connectivity index is 3.08. The minimum Gasteiger partial charge on any atom is -0.303 e. The molecule has 1 nitrogen and oxygen atoms in total. The maximum atomic E-state index is 11.5. The van der Waals surface area contributed by atoms with Gasteiger partial charge in [0.15, 0.2) is 0 Å². The molecule has 0 fully saturated rings. The van der Waals surface area contributed by atoms with Crippen LogP contribution in [-0.2, 0) is 4.79 Å². The van der Waals surface area contributed by atoms with Gasteiger partial charge in [0.2, 0.25) is 0 Å². The third-order valence-corrected chi connectivity index (χ3v) is 1.93. The van der Waals surface area contributed by atoms with E-state index in [1.54, 1.807) is 0 Å². The molecule has 5 heteroatoms. The van der Waals surface area contributed by atoms with Crippen molar-refractivity contribution >= 4 is 18.0 Å². The molecule has 0 rings (SSSR count). The average Bonchev–Trinajstić information content (AvgIpc) is 1.85. The molecule has 0 aliphatic carbocycles. The van der Waals surface area contributed by atoms with E-state index in [1.807, 2.05) is 0 Å². The van der Waals surface area contributed by atoms with Crippen molar-refractivity contribution in [2.75, 3.05) is 11.5 Å². The Labute approximate surface area is 67.3 Å². The number of carbonyl (C=O) groups is 1. The molecule has 0 aromatic rings. The standard InChI is InChI=1S/C6H9F3OS/c7-6(8,9)2-5-11-4-1-3-10/h3H,1-2,4-5H2. The number of alkyl halides is 3. The van der Waals surface area contributed by atoms with Crippen LogP contribution in [0.2, 0.25) is 0 Å². The Morgan fingerprint density at radius 1 is 1.27 bits per heavy atom. The normalized spacial score (nSPS) is 11.5. The summed E-state index contributed by atoms with van der Waals surface area (Å²) in [6.45, 7) is 0. The van der Waals surface area contributed by atoms with E-state index < -0.39 is 12.6 Å². The Morgan fingerprint density at radius 3 is 2.36 bits per heavy atom. The third kappa shape index (κ3) is 9.81. The molecule has 11 heavy (non-hydrogen) atoms. The topological polar surface area (TPSA) is 17.1 Å². The lowest BCUT2D eigenvalue weighted by Gasteiger charge is -2.03. The molecule has 66 valence electrons. The lowest BCUT2D eigenvalue weighted by Crippen LogP contribution is -2.08. The SMILES string of the molecule is O=CCCSCCC(F)(F)F. The van der Waals surface area contributed by atoms with E-state index in [1.165, 1.54) is 0 Å². The highest BCUT2D eigenvalue weighted by molar-refractivity contribution is 7.99. The number of thioether (sulfide) groups is 1. The molecule has 0 spiro atoms. The monoisotopic (exact) mass is 186 g/mol. The summed E-state index contributed by atoms with van der Waals surface area (Å²) in [6.07, 6.45) is -3.78. The summed E-state index contributed by atoms with van der Waals surface area (Å²) in [7, 11) is 0. The van der Waals surface area contributed by atoms with Crippen LogP contribution in [0.3, 0.4) is 0 Å². The average molecular weight is 186 g/mol. The molecule has 0 atom stereocenters. The quantitative estimate of drug-likeness (QED) is 0.484. The molecular weight excluding hydrogens is 177 g/mol. The molecule has 0 aliphatic heterocycles. The fourth-order valence-corrected chi connectivity index (χ4v) is 1.26. The zero-order valence-corrected chi connectivity index (χ0v) is 6.67. The summed E-state index contributed by atoms with van der Waals surface area (Å²) in [4.78, 5) is 9.73. The number of hydrogen-bond donors (Lipinski definition) is 0. The number of hydrogen-bond acceptors (Lipinski definition) is 2. The van der Waals surface area contributed by atoms with Crippen molar-refractivity contribution < 1.29 is 18.0 Å². The summed E-state index contributed by atoms with van der Waals surface area (Å²) in [6, 6.07) is 0. The highest BCUT2D eigenvalue weighted by Crippen LogP contribution is 2.21. The van der Waals surface area contributed by atoms with Crippen LogP contribution in [-0.4, -0.2) is 24.0 Å². The Morgan fingerprint density at radius 2 is 1.91 bits per heavy atom. The largest absolute Gasteiger partial charge is 0.389 e. The van der Waals surface area contributed by atoms with Gasteiger partial charge in [0.05, 0.1) is 6.42 Å². The Hall–Kier alpha value is -0.190. The van der Waals surface area contributed by atoms with Gasteiger partial charge in [-0.3, -0.25) is 0 Å². The number of halogens is 3. The van der Waals surface area contributed by atoms with Crippen molar-refractivity contribution in [1.29, 1.82) is 0 Å². The van der Waals surface area contributed by atoms with Crippen molar-refractivity contribution in [1.82, 2.24) is 0 Å². The van der Waals surface area contributed by atoms with E-state index in [0.29, 0.717) is 18.5 Å². The van der Waals surface area contributed by atoms with Crippen molar-refractivity contribution in [3.63, 3.8) is 0 Å². The molecule has 0 aliphatic rings. The van der Waals surface area contributed by atoms with Crippen LogP contribution in [0, 0.1) is 0 Å². The van der Waals surface area contributed by atoms with Crippen LogP contribution in [0.5, 0.6) is 0 Å². The molecule has 0 radical (unpaired) electrons. The maximum absolute atomic E-state index is 11.5. The maximum Gasteiger partial charge on any atom is 0.389 e. The molecule has 0 aromatic carbocycles. The van der Waals surface area contributed by atoms with Crippen molar-refractivity contribution in [3.05, 3.63) is 0 Å². The van der Waals surface area contributed by atoms with Gasteiger partial charge in [-0.05, 0) is 5.75 Å². The van der Waals surface area contributed by atoms with Gasteiger partial charge in [0.1, 0.15) is 6.29 Å². The highest BCUT2D eigenvalue weighted by Gasteiger charge is 2.25. The first-order chi connectivity index (χ1) is 5.06. The predicted octanol–water partition coefficient (Wildman–Crippen LogP) is 2.26. The van der Waals surface area contributed by atoms with Gasteiger partial charge in [-0.15, -0.1) is 0 Å². The summed E-state index contributed by atoms with van der Waals surface area (Å²) in [5.74, 6) is 0.539. The molecule has 0 unspecified atom stereocenters. The van der Waals surface area contributed by atoms with Gasteiger partial charge >= 0.3 is 6.18 Å². The minimum absolute atomic E-state index is 0.0529. The first-order valence-electron chi connectivity index (χ1n) is 3.14. The molecule has 0 saturated carbocycles. The summed E-state index contributed by atoms with van der Waals surface area (Å²) in [5, 5.41) is 0. The predicted molar refractivity (Wildman–Crippen MR) is 38.7 cm³/mol. The van der Waals surface area contributed by atoms with Crippen LogP contribution in [0.4, 0.5) is 13.2 Å². The number of carbonyl (C=O) groups excluding carboxylic acids is 1. The molecule has 0 saturated heterocycles. The van der Waals surface area contributed by atoms with Gasteiger partial charge in [-0.25, -0.2) is 0 Å². The molecule has 0 bridgehead atoms. The van der Waals surface area contributed by atoms with E-state index in [-0.39, 0.29) is 5.75 Å². The van der Waals surface area contributed by atoms with E-state index in [9.17, 15) is 18.0 Å². The second kappa shape index (κ2) is 5.46. The Kier molecular flexibility index (Phi) is 5.36. The molecule has 0 N–H and O–H groups in total. The van der Waals surface area contributed by atoms with Gasteiger partial charge in [0.25, 0.3) is 0 Å². The summed E-state index contributed by atoms with van der Waals surface area (Å²) in [5.41, 5.74) is 0. The van der Waals surface area contributed by atoms with Crippen LogP contribution in [0.1, 0.15) is 12.8 Å². The number of rotatable bonds is 5. The van der Waals surface area contributed by atoms with Crippen molar-refractivity contribution in [2.24, 2.45) is 0 Å². The van der Waals surface area contributed by atoms with Crippen LogP contribution < -0.4 is 0 Å². The highest BCUT2D eigenvalue weighted by atomic mass is 32.2. The van der Waals surface area contributed by atoms with E-state index in [0.717, 1.165) is 11.8 Å². The third-order valence-electron chi connectivity index (χ3n) is 0.910. The van der Waals surface area contributed by atoms with Gasteiger partial charge < -0.3 is 4.79 Å². The summed E-state index contributed by atoms with van der Waals surface area (Å²) >= 11 is 1.15. The van der Waals surface area contributed by atoms with E-state index in [2.05, 4.69) is 0 Å². The van der Waals surface area contributed by atoms with Crippen LogP contribution in [0.25, 0.3) is 0 Å². The molecule has 0 amide bonds. The molecule has 0 aromatic heterocycles. The van der Waals surface area contributed by atoms with E-state index in [4.69, 9.17) is 0 Å². The fraction of sp³-hybridized carbons (Fsp3) is 0.833. The van der Waals surface area contributed by atoms with Gasteiger partial charge in [0, 0.05) is 12.2 Å². The van der Waals surface area contributed by atoms with Gasteiger partial charge in [-0.1, -0.05) is 0 Å². The first-order valence-corrected chi connectivity index (χ1v) is 4.30. The fourth-order valence-electron chi connectivity index (χ4n) is 0.421. The molecule has 0 heterocycles. The first kappa shape index (κ1) is 10.8. The minimum atomic E-state index is -4.06. The van der Waals surface area contributed by atoms with Crippen LogP contribution in [0.15, 0.2) is 0 Å². The lowest BCUT2D eigenvalue weighted by atomic mass is 10.5. The Bertz CT molecular complexity index is 113.